The van der Waals surface area contributed by atoms with E-state index in [0.29, 0.717) is 0 Å². The zero-order valence-electron chi connectivity index (χ0n) is 9.82. The normalized spacial score (nSPS) is 10.4. The first-order valence-electron chi connectivity index (χ1n) is 5.14. The molecule has 94 valence electrons. The molecule has 2 rings (SSSR count). The second-order valence-electron chi connectivity index (χ2n) is 3.81. The first kappa shape index (κ1) is 13.0. The number of aryl methyl sites for hydroxylation is 2. The molecule has 3 N–H and O–H groups in total. The van der Waals surface area contributed by atoms with Crippen molar-refractivity contribution in [3.8, 4) is 0 Å². The van der Waals surface area contributed by atoms with Crippen molar-refractivity contribution in [1.29, 1.82) is 0 Å². The molecule has 0 aliphatic carbocycles. The van der Waals surface area contributed by atoms with Crippen LogP contribution >= 0.6 is 27.3 Å². The van der Waals surface area contributed by atoms with Gasteiger partial charge >= 0.3 is 0 Å². The third-order valence-electron chi connectivity index (χ3n) is 2.37. The van der Waals surface area contributed by atoms with Crippen LogP contribution in [0.25, 0.3) is 0 Å². The van der Waals surface area contributed by atoms with Crippen molar-refractivity contribution in [2.24, 2.45) is 0 Å². The Bertz CT molecular complexity index is 588. The van der Waals surface area contributed by atoms with Gasteiger partial charge in [-0.15, -0.1) is 10.2 Å². The number of nitrogens with two attached hydrogens (primary N) is 1. The average Bonchev–Trinajstić information content (AvgIpc) is 2.70. The van der Waals surface area contributed by atoms with Crippen LogP contribution in [0, 0.1) is 13.8 Å². The lowest BCUT2D eigenvalue weighted by Gasteiger charge is -2.11. The molecule has 5 nitrogen and oxygen atoms in total. The van der Waals surface area contributed by atoms with E-state index in [1.165, 1.54) is 0 Å². The molecular formula is C11H11BrN4OS. The number of nitrogen functional groups attached to an aromatic ring is 1. The zero-order chi connectivity index (χ0) is 13.3. The van der Waals surface area contributed by atoms with Crippen molar-refractivity contribution >= 4 is 44.0 Å². The van der Waals surface area contributed by atoms with Gasteiger partial charge < -0.3 is 11.1 Å². The molecule has 2 aromatic rings. The van der Waals surface area contributed by atoms with Crippen molar-refractivity contribution < 1.29 is 4.79 Å². The molecule has 0 aliphatic rings. The maximum atomic E-state index is 11.9. The van der Waals surface area contributed by atoms with Crippen LogP contribution in [0.3, 0.4) is 0 Å². The van der Waals surface area contributed by atoms with E-state index in [-0.39, 0.29) is 16.0 Å². The highest BCUT2D eigenvalue weighted by Gasteiger charge is 2.14. The molecule has 0 fully saturated rings. The Morgan fingerprint density at radius 2 is 1.94 bits per heavy atom. The van der Waals surface area contributed by atoms with Crippen LogP contribution in [-0.2, 0) is 0 Å². The number of rotatable bonds is 2. The second-order valence-corrected chi connectivity index (χ2v) is 5.74. The number of anilines is 2. The summed E-state index contributed by atoms with van der Waals surface area (Å²) in [4.78, 5) is 11.9. The summed E-state index contributed by atoms with van der Waals surface area (Å²) in [5.41, 5.74) is 8.20. The predicted octanol–water partition coefficient (Wildman–Crippen LogP) is 2.75. The van der Waals surface area contributed by atoms with Gasteiger partial charge in [0.05, 0.1) is 0 Å². The average molecular weight is 327 g/mol. The van der Waals surface area contributed by atoms with Crippen molar-refractivity contribution in [3.05, 3.63) is 32.7 Å². The summed E-state index contributed by atoms with van der Waals surface area (Å²) in [6.07, 6.45) is 0. The first-order chi connectivity index (χ1) is 8.47. The molecule has 7 heteroatoms. The quantitative estimate of drug-likeness (QED) is 0.889. The van der Waals surface area contributed by atoms with Gasteiger partial charge in [0.15, 0.2) is 0 Å². The fourth-order valence-electron chi connectivity index (χ4n) is 1.60. The maximum Gasteiger partial charge on any atom is 0.286 e. The SMILES string of the molecule is Cc1cc(Br)cc(C)c1NC(=O)c1nnc(N)s1. The molecule has 0 bridgehead atoms. The minimum absolute atomic E-state index is 0.259. The smallest absolute Gasteiger partial charge is 0.286 e. The summed E-state index contributed by atoms with van der Waals surface area (Å²) in [7, 11) is 0. The van der Waals surface area contributed by atoms with Crippen molar-refractivity contribution in [3.63, 3.8) is 0 Å². The number of amides is 1. The number of carbonyl (C=O) groups excluding carboxylic acids is 1. The number of halogens is 1. The van der Waals surface area contributed by atoms with Crippen LogP contribution in [0.5, 0.6) is 0 Å². The monoisotopic (exact) mass is 326 g/mol. The summed E-state index contributed by atoms with van der Waals surface area (Å²) in [5, 5.41) is 10.7. The van der Waals surface area contributed by atoms with Gasteiger partial charge in [-0.25, -0.2) is 0 Å². The number of hydrogen-bond donors (Lipinski definition) is 2. The summed E-state index contributed by atoms with van der Waals surface area (Å²) in [6, 6.07) is 3.88. The van der Waals surface area contributed by atoms with Gasteiger partial charge in [-0.1, -0.05) is 27.3 Å². The van der Waals surface area contributed by atoms with Gasteiger partial charge in [0.1, 0.15) is 0 Å². The van der Waals surface area contributed by atoms with Crippen molar-refractivity contribution in [2.45, 2.75) is 13.8 Å². The van der Waals surface area contributed by atoms with E-state index in [0.717, 1.165) is 32.6 Å². The van der Waals surface area contributed by atoms with Crippen LogP contribution in [0.2, 0.25) is 0 Å². The number of aromatic nitrogens is 2. The summed E-state index contributed by atoms with van der Waals surface area (Å²) in [5.74, 6) is -0.294. The van der Waals surface area contributed by atoms with E-state index in [1.807, 2.05) is 26.0 Å². The summed E-state index contributed by atoms with van der Waals surface area (Å²) >= 11 is 4.48. The molecule has 0 aliphatic heterocycles. The van der Waals surface area contributed by atoms with Crippen LogP contribution in [0.4, 0.5) is 10.8 Å². The fraction of sp³-hybridized carbons (Fsp3) is 0.182. The minimum Gasteiger partial charge on any atom is -0.374 e. The molecule has 1 aromatic carbocycles. The molecule has 0 saturated heterocycles. The second kappa shape index (κ2) is 5.03. The van der Waals surface area contributed by atoms with E-state index in [2.05, 4.69) is 31.4 Å². The number of nitrogens with one attached hydrogen (secondary N) is 1. The predicted molar refractivity (Wildman–Crippen MR) is 75.9 cm³/mol. The van der Waals surface area contributed by atoms with Gasteiger partial charge in [-0.2, -0.15) is 0 Å². The van der Waals surface area contributed by atoms with Gasteiger partial charge in [0, 0.05) is 10.2 Å². The Morgan fingerprint density at radius 1 is 1.33 bits per heavy atom. The topological polar surface area (TPSA) is 80.9 Å². The molecule has 1 aromatic heterocycles. The molecule has 0 radical (unpaired) electrons. The Balaban J connectivity index is 2.27. The van der Waals surface area contributed by atoms with E-state index in [9.17, 15) is 4.79 Å². The van der Waals surface area contributed by atoms with Crippen LogP contribution in [0.15, 0.2) is 16.6 Å². The number of hydrogen-bond acceptors (Lipinski definition) is 5. The van der Waals surface area contributed by atoms with E-state index >= 15 is 0 Å². The zero-order valence-corrected chi connectivity index (χ0v) is 12.2. The van der Waals surface area contributed by atoms with Gasteiger partial charge in [0.2, 0.25) is 10.1 Å². The van der Waals surface area contributed by atoms with E-state index < -0.39 is 0 Å². The number of benzene rings is 1. The fourth-order valence-corrected chi connectivity index (χ4v) is 2.79. The Hall–Kier alpha value is -1.47. The van der Waals surface area contributed by atoms with E-state index in [4.69, 9.17) is 5.73 Å². The van der Waals surface area contributed by atoms with Gasteiger partial charge in [-0.3, -0.25) is 4.79 Å². The van der Waals surface area contributed by atoms with Crippen LogP contribution in [0.1, 0.15) is 20.9 Å². The lowest BCUT2D eigenvalue weighted by molar-refractivity contribution is 0.102. The third-order valence-corrected chi connectivity index (χ3v) is 3.58. The van der Waals surface area contributed by atoms with Crippen LogP contribution < -0.4 is 11.1 Å². The summed E-state index contributed by atoms with van der Waals surface area (Å²) in [6.45, 7) is 3.86. The van der Waals surface area contributed by atoms with Crippen LogP contribution in [-0.4, -0.2) is 16.1 Å². The molecular weight excluding hydrogens is 316 g/mol. The largest absolute Gasteiger partial charge is 0.374 e. The first-order valence-corrected chi connectivity index (χ1v) is 6.75. The van der Waals surface area contributed by atoms with Gasteiger partial charge in [0.25, 0.3) is 5.91 Å². The Kier molecular flexibility index (Phi) is 3.63. The highest BCUT2D eigenvalue weighted by atomic mass is 79.9. The molecule has 1 amide bonds. The Labute approximate surface area is 117 Å². The van der Waals surface area contributed by atoms with Crippen molar-refractivity contribution in [2.75, 3.05) is 11.1 Å². The molecule has 18 heavy (non-hydrogen) atoms. The molecule has 0 atom stereocenters. The molecule has 1 heterocycles. The molecule has 0 spiro atoms. The minimum atomic E-state index is -0.294. The number of carbonyl (C=O) groups is 1. The summed E-state index contributed by atoms with van der Waals surface area (Å²) < 4.78 is 0.982. The highest BCUT2D eigenvalue weighted by Crippen LogP contribution is 2.26. The Morgan fingerprint density at radius 3 is 2.44 bits per heavy atom. The maximum absolute atomic E-state index is 11.9. The molecule has 0 saturated carbocycles. The lowest BCUT2D eigenvalue weighted by atomic mass is 10.1. The van der Waals surface area contributed by atoms with E-state index in [1.54, 1.807) is 0 Å². The third kappa shape index (κ3) is 2.68. The van der Waals surface area contributed by atoms with Gasteiger partial charge in [-0.05, 0) is 37.1 Å². The standard InChI is InChI=1S/C11H11BrN4OS/c1-5-3-7(12)4-6(2)8(5)14-9(17)10-15-16-11(13)18-10/h3-4H,1-2H3,(H2,13,16)(H,14,17). The molecule has 0 unspecified atom stereocenters. The lowest BCUT2D eigenvalue weighted by Crippen LogP contribution is -2.13. The highest BCUT2D eigenvalue weighted by molar-refractivity contribution is 9.10. The number of nitrogens with zero attached hydrogens (tertiary/aromatic N) is 2. The van der Waals surface area contributed by atoms with Crippen molar-refractivity contribution in [1.82, 2.24) is 10.2 Å².